The number of piperidine rings is 1. The maximum absolute atomic E-state index is 12.3. The van der Waals surface area contributed by atoms with Crippen LogP contribution in [0.2, 0.25) is 0 Å². The molecule has 58 valence electrons. The van der Waals surface area contributed by atoms with Gasteiger partial charge < -0.3 is 10.1 Å². The molecule has 1 N–H and O–H groups in total. The maximum Gasteiger partial charge on any atom is 0.260 e. The van der Waals surface area contributed by atoms with E-state index in [1.54, 1.807) is 0 Å². The fourth-order valence-electron chi connectivity index (χ4n) is 0.954. The average molecular weight is 149 g/mol. The Morgan fingerprint density at radius 3 is 2.70 bits per heavy atom. The van der Waals surface area contributed by atoms with E-state index in [0.717, 1.165) is 0 Å². The van der Waals surface area contributed by atoms with E-state index in [-0.39, 0.29) is 25.4 Å². The van der Waals surface area contributed by atoms with E-state index in [9.17, 15) is 13.6 Å². The number of carbonyl (C=O) groups is 1. The van der Waals surface area contributed by atoms with Crippen molar-refractivity contribution in [3.05, 3.63) is 0 Å². The van der Waals surface area contributed by atoms with E-state index >= 15 is 0 Å². The normalized spacial score (nSPS) is 31.6. The van der Waals surface area contributed by atoms with Crippen LogP contribution in [0.25, 0.3) is 0 Å². The monoisotopic (exact) mass is 149 g/mol. The molecule has 0 spiro atoms. The van der Waals surface area contributed by atoms with Crippen LogP contribution in [-0.2, 0) is 4.79 Å². The molecule has 1 saturated heterocycles. The highest BCUT2D eigenvalue weighted by Crippen LogP contribution is 2.23. The molecule has 10 heavy (non-hydrogen) atoms. The van der Waals surface area contributed by atoms with Gasteiger partial charge in [-0.25, -0.2) is 8.78 Å². The van der Waals surface area contributed by atoms with Gasteiger partial charge in [-0.05, 0) is 6.42 Å². The first kappa shape index (κ1) is 7.60. The van der Waals surface area contributed by atoms with Crippen LogP contribution in [0, 0.1) is 0 Å². The van der Waals surface area contributed by atoms with Crippen molar-refractivity contribution in [2.24, 2.45) is 0 Å². The molecule has 2 nitrogen and oxygen atoms in total. The van der Waals surface area contributed by atoms with Crippen LogP contribution in [-0.4, -0.2) is 24.8 Å². The predicted octanol–water partition coefficient (Wildman–Crippen LogP) is 0.573. The van der Waals surface area contributed by atoms with Crippen LogP contribution < -0.4 is 5.32 Å². The first-order valence-corrected chi connectivity index (χ1v) is 3.20. The average Bonchev–Trinajstić information content (AvgIpc) is 1.88. The minimum Gasteiger partial charge on any atom is -0.302 e. The molecule has 4 heteroatoms. The predicted molar refractivity (Wildman–Crippen MR) is 32.0 cm³/mol. The molecule has 1 rings (SSSR count). The van der Waals surface area contributed by atoms with Gasteiger partial charge in [0.25, 0.3) is 5.92 Å². The third-order valence-corrected chi connectivity index (χ3v) is 1.61. The molecule has 1 atom stereocenters. The summed E-state index contributed by atoms with van der Waals surface area (Å²) in [7, 11) is 0. The number of carbonyl (C=O) groups excluding carboxylic acids is 1. The number of hydrogen-bond donors (Lipinski definition) is 1. The van der Waals surface area contributed by atoms with Gasteiger partial charge in [0, 0.05) is 6.42 Å². The van der Waals surface area contributed by atoms with Gasteiger partial charge in [-0.3, -0.25) is 0 Å². The SMILES string of the molecule is O=C[C@@H]1CCC(F)(F)CN1. The molecule has 1 heterocycles. The van der Waals surface area contributed by atoms with Crippen molar-refractivity contribution in [2.45, 2.75) is 24.8 Å². The van der Waals surface area contributed by atoms with E-state index in [2.05, 4.69) is 5.32 Å². The molecule has 0 bridgehead atoms. The summed E-state index contributed by atoms with van der Waals surface area (Å²) in [5.74, 6) is -2.61. The van der Waals surface area contributed by atoms with Crippen molar-refractivity contribution in [1.82, 2.24) is 5.32 Å². The van der Waals surface area contributed by atoms with Gasteiger partial charge >= 0.3 is 0 Å². The summed E-state index contributed by atoms with van der Waals surface area (Å²) in [6.45, 7) is -0.365. The quantitative estimate of drug-likeness (QED) is 0.552. The van der Waals surface area contributed by atoms with Crippen molar-refractivity contribution >= 4 is 6.29 Å². The molecule has 0 amide bonds. The van der Waals surface area contributed by atoms with Crippen LogP contribution in [0.15, 0.2) is 0 Å². The van der Waals surface area contributed by atoms with Gasteiger partial charge in [0.2, 0.25) is 0 Å². The molecule has 1 aliphatic heterocycles. The van der Waals surface area contributed by atoms with Crippen molar-refractivity contribution in [1.29, 1.82) is 0 Å². The lowest BCUT2D eigenvalue weighted by molar-refractivity contribution is -0.112. The summed E-state index contributed by atoms with van der Waals surface area (Å²) in [6, 6.07) is -0.361. The zero-order valence-electron chi connectivity index (χ0n) is 5.44. The lowest BCUT2D eigenvalue weighted by Crippen LogP contribution is -2.45. The van der Waals surface area contributed by atoms with E-state index in [4.69, 9.17) is 0 Å². The third-order valence-electron chi connectivity index (χ3n) is 1.61. The fourth-order valence-corrected chi connectivity index (χ4v) is 0.954. The standard InChI is InChI=1S/C6H9F2NO/c7-6(8)2-1-5(3-10)9-4-6/h3,5,9H,1-2,4H2/t5-/m0/s1. The first-order valence-electron chi connectivity index (χ1n) is 3.20. The van der Waals surface area contributed by atoms with Crippen LogP contribution in [0.4, 0.5) is 8.78 Å². The van der Waals surface area contributed by atoms with Crippen molar-refractivity contribution < 1.29 is 13.6 Å². The highest BCUT2D eigenvalue weighted by molar-refractivity contribution is 5.57. The number of nitrogens with one attached hydrogen (secondary N) is 1. The Bertz CT molecular complexity index is 128. The van der Waals surface area contributed by atoms with Gasteiger partial charge in [0.1, 0.15) is 6.29 Å². The van der Waals surface area contributed by atoms with E-state index in [1.807, 2.05) is 0 Å². The summed E-state index contributed by atoms with van der Waals surface area (Å²) < 4.78 is 24.7. The second-order valence-electron chi connectivity index (χ2n) is 2.52. The zero-order valence-corrected chi connectivity index (χ0v) is 5.44. The van der Waals surface area contributed by atoms with Crippen molar-refractivity contribution in [3.63, 3.8) is 0 Å². The summed E-state index contributed by atoms with van der Waals surface area (Å²) in [4.78, 5) is 10.1. The Hall–Kier alpha value is -0.510. The molecule has 0 aromatic heterocycles. The molecule has 0 radical (unpaired) electrons. The molecule has 0 aromatic rings. The van der Waals surface area contributed by atoms with Crippen LogP contribution >= 0.6 is 0 Å². The smallest absolute Gasteiger partial charge is 0.260 e. The summed E-state index contributed by atoms with van der Waals surface area (Å²) in [6.07, 6.45) is 0.745. The summed E-state index contributed by atoms with van der Waals surface area (Å²) >= 11 is 0. The van der Waals surface area contributed by atoms with Crippen molar-refractivity contribution in [2.75, 3.05) is 6.54 Å². The fraction of sp³-hybridized carbons (Fsp3) is 0.833. The van der Waals surface area contributed by atoms with Crippen LogP contribution in [0.3, 0.4) is 0 Å². The van der Waals surface area contributed by atoms with Crippen LogP contribution in [0.5, 0.6) is 0 Å². The number of aldehydes is 1. The second kappa shape index (κ2) is 2.62. The minimum atomic E-state index is -2.61. The Labute approximate surface area is 57.6 Å². The molecule has 0 aliphatic carbocycles. The highest BCUT2D eigenvalue weighted by Gasteiger charge is 2.34. The molecule has 1 fully saturated rings. The summed E-state index contributed by atoms with van der Waals surface area (Å²) in [5, 5.41) is 2.44. The van der Waals surface area contributed by atoms with Gasteiger partial charge in [-0.15, -0.1) is 0 Å². The number of halogens is 2. The Kier molecular flexibility index (Phi) is 1.99. The molecule has 1 aliphatic rings. The molecular formula is C6H9F2NO. The zero-order chi connectivity index (χ0) is 7.61. The largest absolute Gasteiger partial charge is 0.302 e. The first-order chi connectivity index (χ1) is 4.64. The molecule has 0 unspecified atom stereocenters. The lowest BCUT2D eigenvalue weighted by atomic mass is 10.0. The Morgan fingerprint density at radius 1 is 1.60 bits per heavy atom. The van der Waals surface area contributed by atoms with Gasteiger partial charge in [-0.1, -0.05) is 0 Å². The number of rotatable bonds is 1. The van der Waals surface area contributed by atoms with Crippen molar-refractivity contribution in [3.8, 4) is 0 Å². The number of alkyl halides is 2. The maximum atomic E-state index is 12.3. The Balaban J connectivity index is 2.38. The van der Waals surface area contributed by atoms with Gasteiger partial charge in [0.15, 0.2) is 0 Å². The van der Waals surface area contributed by atoms with Gasteiger partial charge in [0.05, 0.1) is 12.6 Å². The van der Waals surface area contributed by atoms with E-state index in [1.165, 1.54) is 0 Å². The topological polar surface area (TPSA) is 29.1 Å². The lowest BCUT2D eigenvalue weighted by Gasteiger charge is -2.26. The third kappa shape index (κ3) is 1.73. The molecular weight excluding hydrogens is 140 g/mol. The van der Waals surface area contributed by atoms with E-state index < -0.39 is 5.92 Å². The molecule has 0 aromatic carbocycles. The Morgan fingerprint density at radius 2 is 2.30 bits per heavy atom. The van der Waals surface area contributed by atoms with Gasteiger partial charge in [-0.2, -0.15) is 0 Å². The second-order valence-corrected chi connectivity index (χ2v) is 2.52. The number of hydrogen-bond acceptors (Lipinski definition) is 2. The molecule has 0 saturated carbocycles. The summed E-state index contributed by atoms with van der Waals surface area (Å²) in [5.41, 5.74) is 0. The highest BCUT2D eigenvalue weighted by atomic mass is 19.3. The van der Waals surface area contributed by atoms with E-state index in [0.29, 0.717) is 6.29 Å². The van der Waals surface area contributed by atoms with Crippen LogP contribution in [0.1, 0.15) is 12.8 Å². The minimum absolute atomic E-state index is 0.177.